The van der Waals surface area contributed by atoms with E-state index in [0.29, 0.717) is 29.7 Å². The van der Waals surface area contributed by atoms with Crippen molar-refractivity contribution < 1.29 is 14.6 Å². The lowest BCUT2D eigenvalue weighted by molar-refractivity contribution is -0.131. The number of carbonyl (C=O) groups is 1. The van der Waals surface area contributed by atoms with Crippen molar-refractivity contribution in [2.45, 2.75) is 20.1 Å². The molecule has 2 aromatic carbocycles. The number of aliphatic carboxylic acids is 1. The van der Waals surface area contributed by atoms with E-state index in [1.54, 1.807) is 6.92 Å². The molecule has 1 N–H and O–H groups in total. The van der Waals surface area contributed by atoms with E-state index in [0.717, 1.165) is 23.0 Å². The van der Waals surface area contributed by atoms with Crippen molar-refractivity contribution in [2.75, 3.05) is 0 Å². The highest BCUT2D eigenvalue weighted by Gasteiger charge is 2.13. The van der Waals surface area contributed by atoms with E-state index in [1.807, 2.05) is 53.1 Å². The number of nitrogens with zero attached hydrogens (tertiary/aromatic N) is 2. The van der Waals surface area contributed by atoms with Gasteiger partial charge in [0, 0.05) is 11.1 Å². The summed E-state index contributed by atoms with van der Waals surface area (Å²) in [5.74, 6) is 0.408. The molecule has 0 aliphatic heterocycles. The smallest absolute Gasteiger partial charge is 0.328 e. The van der Waals surface area contributed by atoms with Crippen LogP contribution in [-0.4, -0.2) is 20.6 Å². The van der Waals surface area contributed by atoms with E-state index in [2.05, 4.69) is 4.98 Å². The van der Waals surface area contributed by atoms with E-state index in [9.17, 15) is 4.79 Å². The summed E-state index contributed by atoms with van der Waals surface area (Å²) >= 11 is 12.6. The minimum absolute atomic E-state index is 0.249. The molecule has 0 fully saturated rings. The van der Waals surface area contributed by atoms with Gasteiger partial charge in [-0.05, 0) is 42.3 Å². The average molecular weight is 417 g/mol. The van der Waals surface area contributed by atoms with Crippen LogP contribution in [0.1, 0.15) is 22.6 Å². The normalized spacial score (nSPS) is 11.1. The molecule has 1 aromatic heterocycles. The average Bonchev–Trinajstić information content (AvgIpc) is 2.93. The summed E-state index contributed by atoms with van der Waals surface area (Å²) < 4.78 is 7.57. The first-order chi connectivity index (χ1) is 13.4. The molecule has 7 heteroatoms. The molecule has 0 spiro atoms. The van der Waals surface area contributed by atoms with Crippen LogP contribution in [0.25, 0.3) is 6.08 Å². The van der Waals surface area contributed by atoms with E-state index in [4.69, 9.17) is 33.0 Å². The fourth-order valence-electron chi connectivity index (χ4n) is 2.72. The summed E-state index contributed by atoms with van der Waals surface area (Å²) in [4.78, 5) is 15.0. The predicted octanol–water partition coefficient (Wildman–Crippen LogP) is 5.22. The summed E-state index contributed by atoms with van der Waals surface area (Å²) in [6.07, 6.45) is 2.46. The number of aromatic nitrogens is 2. The van der Waals surface area contributed by atoms with Crippen LogP contribution >= 0.6 is 23.2 Å². The first-order valence-corrected chi connectivity index (χ1v) is 9.28. The van der Waals surface area contributed by atoms with Crippen molar-refractivity contribution in [3.63, 3.8) is 0 Å². The van der Waals surface area contributed by atoms with Crippen LogP contribution in [0.2, 0.25) is 10.2 Å². The van der Waals surface area contributed by atoms with Gasteiger partial charge in [0.1, 0.15) is 18.2 Å². The number of halogens is 2. The van der Waals surface area contributed by atoms with E-state index in [1.165, 1.54) is 6.08 Å². The number of benzene rings is 2. The lowest BCUT2D eigenvalue weighted by Crippen LogP contribution is -2.06. The number of rotatable bonds is 7. The zero-order chi connectivity index (χ0) is 20.1. The Kier molecular flexibility index (Phi) is 6.39. The van der Waals surface area contributed by atoms with Crippen LogP contribution in [-0.2, 0) is 17.9 Å². The third-order valence-corrected chi connectivity index (χ3v) is 4.76. The summed E-state index contributed by atoms with van der Waals surface area (Å²) in [6.45, 7) is 2.63. The number of para-hydroxylation sites is 1. The molecule has 0 saturated carbocycles. The molecule has 0 saturated heterocycles. The number of carboxylic acid groups (broad SMARTS) is 1. The van der Waals surface area contributed by atoms with Crippen LogP contribution in [0.5, 0.6) is 5.75 Å². The van der Waals surface area contributed by atoms with Gasteiger partial charge in [-0.1, -0.05) is 53.5 Å². The summed E-state index contributed by atoms with van der Waals surface area (Å²) in [5, 5.41) is 9.71. The number of ether oxygens (including phenoxy) is 1. The van der Waals surface area contributed by atoms with Crippen molar-refractivity contribution in [1.82, 2.24) is 9.55 Å². The zero-order valence-electron chi connectivity index (χ0n) is 15.1. The van der Waals surface area contributed by atoms with Crippen LogP contribution in [0.15, 0.2) is 54.6 Å². The van der Waals surface area contributed by atoms with Gasteiger partial charge < -0.3 is 14.4 Å². The van der Waals surface area contributed by atoms with Crippen molar-refractivity contribution in [1.29, 1.82) is 0 Å². The maximum absolute atomic E-state index is 10.8. The van der Waals surface area contributed by atoms with Gasteiger partial charge in [0.15, 0.2) is 5.15 Å². The second kappa shape index (κ2) is 8.95. The van der Waals surface area contributed by atoms with Gasteiger partial charge in [-0.3, -0.25) is 0 Å². The van der Waals surface area contributed by atoms with Gasteiger partial charge in [-0.15, -0.1) is 0 Å². The molecule has 0 atom stereocenters. The summed E-state index contributed by atoms with van der Waals surface area (Å²) in [6, 6.07) is 15.3. The van der Waals surface area contributed by atoms with Crippen LogP contribution in [0.4, 0.5) is 0 Å². The molecule has 0 amide bonds. The maximum Gasteiger partial charge on any atom is 0.328 e. The van der Waals surface area contributed by atoms with Crippen molar-refractivity contribution in [2.24, 2.45) is 0 Å². The molecule has 3 rings (SSSR count). The van der Waals surface area contributed by atoms with Crippen molar-refractivity contribution >= 4 is 35.2 Å². The third-order valence-electron chi connectivity index (χ3n) is 4.13. The summed E-state index contributed by atoms with van der Waals surface area (Å²) in [5.41, 5.74) is 2.34. The highest BCUT2D eigenvalue weighted by molar-refractivity contribution is 6.31. The zero-order valence-corrected chi connectivity index (χ0v) is 16.6. The molecular formula is C21H18Cl2N2O3. The molecule has 0 aliphatic carbocycles. The Morgan fingerprint density at radius 2 is 1.96 bits per heavy atom. The Hall–Kier alpha value is -2.76. The molecule has 0 aliphatic rings. The van der Waals surface area contributed by atoms with Gasteiger partial charge in [0.2, 0.25) is 0 Å². The molecule has 0 radical (unpaired) electrons. The quantitative estimate of drug-likeness (QED) is 0.535. The molecule has 1 heterocycles. The standard InChI is InChI=1S/C21H18Cl2N2O3/c1-14-24-21(23)19(9-10-20(26)27)25(14)12-16-8-7-15(11-18(16)22)13-28-17-5-3-2-4-6-17/h2-11H,12-13H2,1H3,(H,26,27)/b10-9+. The minimum Gasteiger partial charge on any atom is -0.489 e. The Morgan fingerprint density at radius 1 is 1.21 bits per heavy atom. The van der Waals surface area contributed by atoms with Gasteiger partial charge in [0.25, 0.3) is 0 Å². The molecule has 144 valence electrons. The predicted molar refractivity (Wildman–Crippen MR) is 110 cm³/mol. The number of carboxylic acids is 1. The van der Waals surface area contributed by atoms with Crippen molar-refractivity contribution in [3.05, 3.63) is 87.4 Å². The van der Waals surface area contributed by atoms with Gasteiger partial charge in [-0.25, -0.2) is 9.78 Å². The van der Waals surface area contributed by atoms with Crippen LogP contribution < -0.4 is 4.74 Å². The maximum atomic E-state index is 10.8. The lowest BCUT2D eigenvalue weighted by atomic mass is 10.1. The van der Waals surface area contributed by atoms with Crippen molar-refractivity contribution in [3.8, 4) is 5.75 Å². The molecule has 0 unspecified atom stereocenters. The Morgan fingerprint density at radius 3 is 2.64 bits per heavy atom. The number of aryl methyl sites for hydroxylation is 1. The van der Waals surface area contributed by atoms with E-state index < -0.39 is 5.97 Å². The fraction of sp³-hybridized carbons (Fsp3) is 0.143. The second-order valence-electron chi connectivity index (χ2n) is 6.12. The first-order valence-electron chi connectivity index (χ1n) is 8.53. The van der Waals surface area contributed by atoms with E-state index in [-0.39, 0.29) is 5.15 Å². The topological polar surface area (TPSA) is 64.3 Å². The van der Waals surface area contributed by atoms with Crippen LogP contribution in [0, 0.1) is 6.92 Å². The third kappa shape index (κ3) is 4.94. The van der Waals surface area contributed by atoms with Gasteiger partial charge in [0.05, 0.1) is 12.2 Å². The minimum atomic E-state index is -1.05. The lowest BCUT2D eigenvalue weighted by Gasteiger charge is -2.12. The molecule has 5 nitrogen and oxygen atoms in total. The highest BCUT2D eigenvalue weighted by atomic mass is 35.5. The fourth-order valence-corrected chi connectivity index (χ4v) is 3.27. The monoisotopic (exact) mass is 416 g/mol. The molecule has 3 aromatic rings. The Balaban J connectivity index is 1.77. The number of hydrogen-bond acceptors (Lipinski definition) is 3. The summed E-state index contributed by atoms with van der Waals surface area (Å²) in [7, 11) is 0. The van der Waals surface area contributed by atoms with Crippen LogP contribution in [0.3, 0.4) is 0 Å². The second-order valence-corrected chi connectivity index (χ2v) is 6.89. The largest absolute Gasteiger partial charge is 0.489 e. The van der Waals surface area contributed by atoms with Gasteiger partial charge >= 0.3 is 5.97 Å². The molecular weight excluding hydrogens is 399 g/mol. The Bertz CT molecular complexity index is 1010. The van der Waals surface area contributed by atoms with Gasteiger partial charge in [-0.2, -0.15) is 0 Å². The first kappa shape index (κ1) is 20.0. The highest BCUT2D eigenvalue weighted by Crippen LogP contribution is 2.25. The number of imidazole rings is 1. The SMILES string of the molecule is Cc1nc(Cl)c(/C=C/C(=O)O)n1Cc1ccc(COc2ccccc2)cc1Cl. The number of hydrogen-bond donors (Lipinski definition) is 1. The molecule has 28 heavy (non-hydrogen) atoms. The van der Waals surface area contributed by atoms with E-state index >= 15 is 0 Å². The Labute approximate surface area is 172 Å². The molecule has 0 bridgehead atoms.